The fraction of sp³-hybridized carbons (Fsp3) is 0.154. The van der Waals surface area contributed by atoms with Crippen LogP contribution < -0.4 is 10.1 Å². The van der Waals surface area contributed by atoms with Crippen LogP contribution in [0.1, 0.15) is 5.56 Å². The summed E-state index contributed by atoms with van der Waals surface area (Å²) in [4.78, 5) is 4.21. The Kier molecular flexibility index (Phi) is 4.40. The van der Waals surface area contributed by atoms with Gasteiger partial charge in [0.25, 0.3) is 0 Å². The fourth-order valence-electron chi connectivity index (χ4n) is 1.49. The van der Waals surface area contributed by atoms with Crippen LogP contribution in [-0.4, -0.2) is 12.0 Å². The second-order valence-electron chi connectivity index (χ2n) is 3.87. The molecule has 0 spiro atoms. The molecule has 3 nitrogen and oxygen atoms in total. The molecule has 2 rings (SSSR count). The molecule has 19 heavy (non-hydrogen) atoms. The van der Waals surface area contributed by atoms with Gasteiger partial charge in [-0.15, -0.1) is 0 Å². The van der Waals surface area contributed by atoms with Crippen LogP contribution in [0.5, 0.6) is 11.6 Å². The third-order valence-corrected chi connectivity index (χ3v) is 3.46. The summed E-state index contributed by atoms with van der Waals surface area (Å²) in [5, 5.41) is 4.33. The average molecular weight is 318 g/mol. The Bertz CT molecular complexity index is 617. The maximum absolute atomic E-state index is 6.05. The Hall–Kier alpha value is -1.16. The maximum Gasteiger partial charge on any atom is 0.240 e. The highest BCUT2D eigenvalue weighted by Crippen LogP contribution is 2.34. The number of nitrogens with one attached hydrogen (secondary N) is 1. The van der Waals surface area contributed by atoms with Gasteiger partial charge in [-0.3, -0.25) is 0 Å². The Morgan fingerprint density at radius 3 is 2.42 bits per heavy atom. The van der Waals surface area contributed by atoms with E-state index in [1.54, 1.807) is 25.2 Å². The highest BCUT2D eigenvalue weighted by atomic mass is 35.5. The molecule has 1 aromatic carbocycles. The van der Waals surface area contributed by atoms with Gasteiger partial charge in [0.1, 0.15) is 16.6 Å². The predicted octanol–water partition coefficient (Wildman–Crippen LogP) is 5.18. The number of hydrogen-bond donors (Lipinski definition) is 1. The molecule has 0 amide bonds. The molecule has 0 atom stereocenters. The molecule has 1 N–H and O–H groups in total. The second-order valence-corrected chi connectivity index (χ2v) is 5.09. The van der Waals surface area contributed by atoms with Crippen LogP contribution in [0.25, 0.3) is 0 Å². The minimum Gasteiger partial charge on any atom is -0.437 e. The van der Waals surface area contributed by atoms with Crippen LogP contribution in [0.4, 0.5) is 5.82 Å². The fourth-order valence-corrected chi connectivity index (χ4v) is 2.10. The van der Waals surface area contributed by atoms with Crippen molar-refractivity contribution in [3.63, 3.8) is 0 Å². The van der Waals surface area contributed by atoms with Gasteiger partial charge in [-0.1, -0.05) is 34.8 Å². The number of aromatic nitrogens is 1. The van der Waals surface area contributed by atoms with Crippen molar-refractivity contribution < 1.29 is 4.74 Å². The van der Waals surface area contributed by atoms with Crippen LogP contribution in [0.2, 0.25) is 15.1 Å². The lowest BCUT2D eigenvalue weighted by Gasteiger charge is -2.10. The minimum absolute atomic E-state index is 0.289. The third-order valence-electron chi connectivity index (χ3n) is 2.48. The zero-order valence-corrected chi connectivity index (χ0v) is 12.6. The van der Waals surface area contributed by atoms with Crippen molar-refractivity contribution >= 4 is 40.6 Å². The van der Waals surface area contributed by atoms with E-state index in [0.29, 0.717) is 26.6 Å². The minimum atomic E-state index is 0.289. The molecule has 1 heterocycles. The van der Waals surface area contributed by atoms with Crippen molar-refractivity contribution in [2.45, 2.75) is 6.92 Å². The average Bonchev–Trinajstić information content (AvgIpc) is 2.37. The predicted molar refractivity (Wildman–Crippen MR) is 80.1 cm³/mol. The van der Waals surface area contributed by atoms with Crippen molar-refractivity contribution in [3.05, 3.63) is 44.9 Å². The number of aryl methyl sites for hydroxylation is 1. The molecule has 1 aromatic heterocycles. The van der Waals surface area contributed by atoms with Crippen molar-refractivity contribution in [3.8, 4) is 11.6 Å². The molecule has 6 heteroatoms. The van der Waals surface area contributed by atoms with Crippen LogP contribution in [0.15, 0.2) is 24.3 Å². The Balaban J connectivity index is 2.34. The summed E-state index contributed by atoms with van der Waals surface area (Å²) in [5.41, 5.74) is 0.915. The summed E-state index contributed by atoms with van der Waals surface area (Å²) in [6.45, 7) is 1.89. The van der Waals surface area contributed by atoms with Crippen molar-refractivity contribution in [2.24, 2.45) is 0 Å². The standard InChI is InChI=1S/C13H11Cl3N2O/c1-7-5-8(3-4-9(7)14)19-13-11(16)6-10(15)12(17-2)18-13/h3-6H,1-2H3,(H,17,18). The van der Waals surface area contributed by atoms with E-state index in [0.717, 1.165) is 5.56 Å². The smallest absolute Gasteiger partial charge is 0.240 e. The summed E-state index contributed by atoms with van der Waals surface area (Å²) in [6, 6.07) is 6.91. The molecular formula is C13H11Cl3N2O. The molecule has 0 fully saturated rings. The lowest BCUT2D eigenvalue weighted by Crippen LogP contribution is -1.97. The summed E-state index contributed by atoms with van der Waals surface area (Å²) in [6.07, 6.45) is 0. The van der Waals surface area contributed by atoms with Crippen molar-refractivity contribution in [2.75, 3.05) is 12.4 Å². The van der Waals surface area contributed by atoms with E-state index in [4.69, 9.17) is 39.5 Å². The lowest BCUT2D eigenvalue weighted by atomic mass is 10.2. The molecule has 0 saturated carbocycles. The first-order valence-corrected chi connectivity index (χ1v) is 6.62. The maximum atomic E-state index is 6.05. The van der Waals surface area contributed by atoms with E-state index >= 15 is 0 Å². The molecule has 0 bridgehead atoms. The van der Waals surface area contributed by atoms with E-state index < -0.39 is 0 Å². The van der Waals surface area contributed by atoms with Gasteiger partial charge < -0.3 is 10.1 Å². The molecular weight excluding hydrogens is 307 g/mol. The first kappa shape index (κ1) is 14.3. The van der Waals surface area contributed by atoms with Gasteiger partial charge in [-0.25, -0.2) is 0 Å². The number of ether oxygens (including phenoxy) is 1. The zero-order valence-electron chi connectivity index (χ0n) is 10.3. The Morgan fingerprint density at radius 1 is 1.05 bits per heavy atom. The second kappa shape index (κ2) is 5.87. The largest absolute Gasteiger partial charge is 0.437 e. The summed E-state index contributed by atoms with van der Waals surface area (Å²) in [7, 11) is 1.72. The number of hydrogen-bond acceptors (Lipinski definition) is 3. The van der Waals surface area contributed by atoms with Crippen LogP contribution in [-0.2, 0) is 0 Å². The number of rotatable bonds is 3. The normalized spacial score (nSPS) is 10.4. The molecule has 0 aliphatic carbocycles. The number of halogens is 3. The van der Waals surface area contributed by atoms with Gasteiger partial charge in [-0.2, -0.15) is 4.98 Å². The van der Waals surface area contributed by atoms with Gasteiger partial charge in [-0.05, 0) is 36.8 Å². The Morgan fingerprint density at radius 2 is 1.79 bits per heavy atom. The topological polar surface area (TPSA) is 34.2 Å². The molecule has 0 unspecified atom stereocenters. The zero-order chi connectivity index (χ0) is 14.0. The molecule has 0 radical (unpaired) electrons. The Labute approximate surface area is 126 Å². The highest BCUT2D eigenvalue weighted by Gasteiger charge is 2.11. The van der Waals surface area contributed by atoms with Gasteiger partial charge >= 0.3 is 0 Å². The molecule has 0 aliphatic rings. The SMILES string of the molecule is CNc1nc(Oc2ccc(Cl)c(C)c2)c(Cl)cc1Cl. The van der Waals surface area contributed by atoms with E-state index in [2.05, 4.69) is 10.3 Å². The van der Waals surface area contributed by atoms with E-state index in [1.165, 1.54) is 0 Å². The molecule has 0 aliphatic heterocycles. The van der Waals surface area contributed by atoms with Crippen molar-refractivity contribution in [1.29, 1.82) is 0 Å². The molecule has 2 aromatic rings. The lowest BCUT2D eigenvalue weighted by molar-refractivity contribution is 0.463. The number of benzene rings is 1. The number of nitrogens with zero attached hydrogens (tertiary/aromatic N) is 1. The van der Waals surface area contributed by atoms with E-state index in [-0.39, 0.29) is 5.88 Å². The van der Waals surface area contributed by atoms with Crippen LogP contribution in [0, 0.1) is 6.92 Å². The van der Waals surface area contributed by atoms with Crippen molar-refractivity contribution in [1.82, 2.24) is 4.98 Å². The first-order valence-electron chi connectivity index (χ1n) is 5.49. The third kappa shape index (κ3) is 3.24. The van der Waals surface area contributed by atoms with Gasteiger partial charge in [0.2, 0.25) is 5.88 Å². The number of pyridine rings is 1. The number of anilines is 1. The van der Waals surface area contributed by atoms with Gasteiger partial charge in [0, 0.05) is 12.1 Å². The van der Waals surface area contributed by atoms with Gasteiger partial charge in [0.05, 0.1) is 5.02 Å². The first-order chi connectivity index (χ1) is 9.01. The summed E-state index contributed by atoms with van der Waals surface area (Å²) in [5.74, 6) is 1.41. The van der Waals surface area contributed by atoms with Crippen LogP contribution in [0.3, 0.4) is 0 Å². The summed E-state index contributed by atoms with van der Waals surface area (Å²) < 4.78 is 5.64. The summed E-state index contributed by atoms with van der Waals surface area (Å²) >= 11 is 18.0. The van der Waals surface area contributed by atoms with E-state index in [9.17, 15) is 0 Å². The van der Waals surface area contributed by atoms with E-state index in [1.807, 2.05) is 13.0 Å². The molecule has 0 saturated heterocycles. The highest BCUT2D eigenvalue weighted by molar-refractivity contribution is 6.36. The quantitative estimate of drug-likeness (QED) is 0.846. The monoisotopic (exact) mass is 316 g/mol. The van der Waals surface area contributed by atoms with Gasteiger partial charge in [0.15, 0.2) is 0 Å². The van der Waals surface area contributed by atoms with Crippen LogP contribution >= 0.6 is 34.8 Å². The molecule has 100 valence electrons.